The first-order chi connectivity index (χ1) is 22.3. The average molecular weight is 655 g/mol. The molecular weight excluding hydrogens is 584 g/mol. The Balaban J connectivity index is 3.04. The molecule has 0 aromatic rings. The van der Waals surface area contributed by atoms with Gasteiger partial charge in [0.25, 0.3) is 0 Å². The summed E-state index contributed by atoms with van der Waals surface area (Å²) in [4.78, 5) is 0. The van der Waals surface area contributed by atoms with Crippen molar-refractivity contribution in [2.45, 2.75) is 90.6 Å². The first-order valence-electron chi connectivity index (χ1n) is 17.7. The lowest BCUT2D eigenvalue weighted by atomic mass is 10.1. The van der Waals surface area contributed by atoms with Gasteiger partial charge in [0.1, 0.15) is 0 Å². The van der Waals surface area contributed by atoms with Crippen LogP contribution < -0.4 is 0 Å². The van der Waals surface area contributed by atoms with Crippen molar-refractivity contribution in [3.05, 3.63) is 0 Å². The van der Waals surface area contributed by atoms with Gasteiger partial charge in [-0.25, -0.2) is 0 Å². The third-order valence-electron chi connectivity index (χ3n) is 6.76. The summed E-state index contributed by atoms with van der Waals surface area (Å²) in [5, 5.41) is 8.85. The van der Waals surface area contributed by atoms with Crippen molar-refractivity contribution in [1.29, 1.82) is 0 Å². The number of ether oxygens (including phenoxy) is 10. The number of unbranched alkanes of at least 4 members (excludes halogenated alkanes) is 10. The molecule has 0 amide bonds. The van der Waals surface area contributed by atoms with Crippen molar-refractivity contribution in [2.24, 2.45) is 0 Å². The zero-order chi connectivity index (χ0) is 32.6. The van der Waals surface area contributed by atoms with E-state index in [1.54, 1.807) is 0 Å². The maximum absolute atomic E-state index is 8.85. The summed E-state index contributed by atoms with van der Waals surface area (Å²) in [6, 6.07) is 0. The maximum atomic E-state index is 8.85. The molecule has 0 rings (SSSR count). The maximum Gasteiger partial charge on any atom is 0.0778 e. The minimum atomic E-state index is -0.156. The fourth-order valence-corrected chi connectivity index (χ4v) is 4.09. The lowest BCUT2D eigenvalue weighted by Crippen LogP contribution is -2.17. The van der Waals surface area contributed by atoms with E-state index in [1.165, 1.54) is 64.2 Å². The standard InChI is InChI=1S/C34H70O11/c1-3-4-5-6-7-8-9-10-11-12-13-14-36-15-16-37-17-18-38-19-20-39-21-22-40-23-24-41-25-26-42-27-28-43-29-30-44-31-32-45-34(2)33-35/h34-35H,3-33H2,1-2H3. The fourth-order valence-electron chi connectivity index (χ4n) is 4.09. The molecule has 0 spiro atoms. The van der Waals surface area contributed by atoms with E-state index in [9.17, 15) is 0 Å². The van der Waals surface area contributed by atoms with Gasteiger partial charge in [0.2, 0.25) is 0 Å². The summed E-state index contributed by atoms with van der Waals surface area (Å²) in [6.07, 6.45) is 14.7. The molecule has 0 radical (unpaired) electrons. The smallest absolute Gasteiger partial charge is 0.0778 e. The van der Waals surface area contributed by atoms with E-state index in [1.807, 2.05) is 6.92 Å². The average Bonchev–Trinajstić information content (AvgIpc) is 3.05. The number of aliphatic hydroxyl groups is 1. The lowest BCUT2D eigenvalue weighted by Gasteiger charge is -2.10. The first-order valence-corrected chi connectivity index (χ1v) is 17.7. The highest BCUT2D eigenvalue weighted by atomic mass is 16.6. The van der Waals surface area contributed by atoms with Gasteiger partial charge in [-0.1, -0.05) is 71.1 Å². The van der Waals surface area contributed by atoms with Crippen LogP contribution in [0.1, 0.15) is 84.5 Å². The number of hydrogen-bond acceptors (Lipinski definition) is 11. The Morgan fingerprint density at radius 1 is 0.333 bits per heavy atom. The van der Waals surface area contributed by atoms with Gasteiger partial charge in [0, 0.05) is 6.61 Å². The van der Waals surface area contributed by atoms with Crippen LogP contribution in [0.5, 0.6) is 0 Å². The Hall–Kier alpha value is -0.440. The molecule has 0 bridgehead atoms. The molecule has 0 fully saturated rings. The van der Waals surface area contributed by atoms with E-state index >= 15 is 0 Å². The van der Waals surface area contributed by atoms with Gasteiger partial charge in [-0.3, -0.25) is 0 Å². The van der Waals surface area contributed by atoms with Crippen LogP contribution >= 0.6 is 0 Å². The molecule has 1 unspecified atom stereocenters. The molecule has 11 heteroatoms. The van der Waals surface area contributed by atoms with Gasteiger partial charge in [-0.15, -0.1) is 0 Å². The third kappa shape index (κ3) is 41.5. The Bertz CT molecular complexity index is 517. The van der Waals surface area contributed by atoms with Crippen molar-refractivity contribution < 1.29 is 52.5 Å². The molecule has 45 heavy (non-hydrogen) atoms. The second-order valence-corrected chi connectivity index (χ2v) is 10.9. The molecule has 0 saturated heterocycles. The Morgan fingerprint density at radius 3 is 0.867 bits per heavy atom. The lowest BCUT2D eigenvalue weighted by molar-refractivity contribution is -0.0328. The Kier molecular flexibility index (Phi) is 41.2. The minimum absolute atomic E-state index is 0.0164. The molecule has 0 aliphatic heterocycles. The molecule has 1 atom stereocenters. The first kappa shape index (κ1) is 44.6. The summed E-state index contributed by atoms with van der Waals surface area (Å²) in [5.74, 6) is 0. The SMILES string of the molecule is CCCCCCCCCCCCCOCCOCCOCCOCCOCCOCCOCCOCCOCCOC(C)CO. The molecule has 0 aliphatic rings. The second-order valence-electron chi connectivity index (χ2n) is 10.9. The molecule has 0 aliphatic carbocycles. The van der Waals surface area contributed by atoms with Crippen molar-refractivity contribution >= 4 is 0 Å². The zero-order valence-electron chi connectivity index (χ0n) is 29.0. The Morgan fingerprint density at radius 2 is 0.578 bits per heavy atom. The summed E-state index contributed by atoms with van der Waals surface area (Å²) < 4.78 is 54.7. The van der Waals surface area contributed by atoms with E-state index in [0.29, 0.717) is 119 Å². The van der Waals surface area contributed by atoms with Crippen LogP contribution in [0.25, 0.3) is 0 Å². The Labute approximate surface area is 275 Å². The normalized spacial score (nSPS) is 12.3. The second kappa shape index (κ2) is 41.6. The van der Waals surface area contributed by atoms with Gasteiger partial charge >= 0.3 is 0 Å². The third-order valence-corrected chi connectivity index (χ3v) is 6.76. The molecule has 1 N–H and O–H groups in total. The van der Waals surface area contributed by atoms with E-state index < -0.39 is 0 Å². The molecule has 0 aromatic carbocycles. The van der Waals surface area contributed by atoms with Crippen molar-refractivity contribution in [1.82, 2.24) is 0 Å². The number of rotatable bonds is 41. The van der Waals surface area contributed by atoms with Crippen LogP contribution in [0.3, 0.4) is 0 Å². The van der Waals surface area contributed by atoms with E-state index in [-0.39, 0.29) is 12.7 Å². The van der Waals surface area contributed by atoms with Crippen LogP contribution in [0, 0.1) is 0 Å². The fraction of sp³-hybridized carbons (Fsp3) is 1.00. The zero-order valence-corrected chi connectivity index (χ0v) is 29.0. The summed E-state index contributed by atoms with van der Waals surface area (Å²) in [6.45, 7) is 14.5. The summed E-state index contributed by atoms with van der Waals surface area (Å²) >= 11 is 0. The van der Waals surface area contributed by atoms with Gasteiger partial charge in [0.05, 0.1) is 132 Å². The monoisotopic (exact) mass is 654 g/mol. The van der Waals surface area contributed by atoms with E-state index in [2.05, 4.69) is 6.92 Å². The predicted octanol–water partition coefficient (Wildman–Crippen LogP) is 4.84. The number of aliphatic hydroxyl groups excluding tert-OH is 1. The largest absolute Gasteiger partial charge is 0.394 e. The van der Waals surface area contributed by atoms with Crippen LogP contribution in [0.15, 0.2) is 0 Å². The molecular formula is C34H70O11. The van der Waals surface area contributed by atoms with Gasteiger partial charge in [-0.05, 0) is 13.3 Å². The summed E-state index contributed by atoms with van der Waals surface area (Å²) in [5.41, 5.74) is 0. The van der Waals surface area contributed by atoms with Crippen molar-refractivity contribution in [2.75, 3.05) is 132 Å². The van der Waals surface area contributed by atoms with Crippen molar-refractivity contribution in [3.63, 3.8) is 0 Å². The van der Waals surface area contributed by atoms with Crippen LogP contribution in [0.2, 0.25) is 0 Å². The quantitative estimate of drug-likeness (QED) is 0.0914. The van der Waals surface area contributed by atoms with Crippen LogP contribution in [-0.4, -0.2) is 143 Å². The van der Waals surface area contributed by atoms with E-state index in [0.717, 1.165) is 13.0 Å². The molecule has 272 valence electrons. The molecule has 11 nitrogen and oxygen atoms in total. The van der Waals surface area contributed by atoms with Gasteiger partial charge in [0.15, 0.2) is 0 Å². The molecule has 0 aromatic heterocycles. The van der Waals surface area contributed by atoms with Gasteiger partial charge < -0.3 is 52.5 Å². The minimum Gasteiger partial charge on any atom is -0.394 e. The summed E-state index contributed by atoms with van der Waals surface area (Å²) in [7, 11) is 0. The molecule has 0 heterocycles. The van der Waals surface area contributed by atoms with Gasteiger partial charge in [-0.2, -0.15) is 0 Å². The van der Waals surface area contributed by atoms with Crippen LogP contribution in [0.4, 0.5) is 0 Å². The van der Waals surface area contributed by atoms with Crippen molar-refractivity contribution in [3.8, 4) is 0 Å². The topological polar surface area (TPSA) is 113 Å². The van der Waals surface area contributed by atoms with Crippen LogP contribution in [-0.2, 0) is 47.4 Å². The predicted molar refractivity (Wildman–Crippen MR) is 176 cm³/mol. The van der Waals surface area contributed by atoms with E-state index in [4.69, 9.17) is 52.5 Å². The highest BCUT2D eigenvalue weighted by Crippen LogP contribution is 2.11. The highest BCUT2D eigenvalue weighted by molar-refractivity contribution is 4.48. The molecule has 0 saturated carbocycles. The highest BCUT2D eigenvalue weighted by Gasteiger charge is 1.99. The number of hydrogen-bond donors (Lipinski definition) is 1.